The van der Waals surface area contributed by atoms with Crippen LogP contribution in [0.5, 0.6) is 5.75 Å². The van der Waals surface area contributed by atoms with E-state index in [4.69, 9.17) is 9.26 Å². The number of aryl methyl sites for hydroxylation is 1. The second kappa shape index (κ2) is 9.20. The van der Waals surface area contributed by atoms with E-state index >= 15 is 0 Å². The zero-order valence-electron chi connectivity index (χ0n) is 17.8. The van der Waals surface area contributed by atoms with Gasteiger partial charge >= 0.3 is 0 Å². The van der Waals surface area contributed by atoms with Gasteiger partial charge < -0.3 is 9.26 Å². The van der Waals surface area contributed by atoms with Gasteiger partial charge in [0.05, 0.1) is 11.5 Å². The Morgan fingerprint density at radius 1 is 1.16 bits per heavy atom. The smallest absolute Gasteiger partial charge is 0.243 e. The molecule has 31 heavy (non-hydrogen) atoms. The van der Waals surface area contributed by atoms with Crippen LogP contribution in [0.2, 0.25) is 0 Å². The number of ether oxygens (including phenoxy) is 1. The summed E-state index contributed by atoms with van der Waals surface area (Å²) in [7, 11) is -3.55. The van der Waals surface area contributed by atoms with Gasteiger partial charge in [0.2, 0.25) is 21.7 Å². The Morgan fingerprint density at radius 3 is 2.68 bits per heavy atom. The van der Waals surface area contributed by atoms with Crippen molar-refractivity contribution in [2.75, 3.05) is 19.7 Å². The van der Waals surface area contributed by atoms with Crippen LogP contribution in [0, 0.1) is 12.8 Å². The predicted molar refractivity (Wildman–Crippen MR) is 117 cm³/mol. The van der Waals surface area contributed by atoms with E-state index in [0.29, 0.717) is 43.6 Å². The van der Waals surface area contributed by atoms with Crippen LogP contribution in [0.3, 0.4) is 0 Å². The zero-order valence-corrected chi connectivity index (χ0v) is 18.6. The Kier molecular flexibility index (Phi) is 6.38. The van der Waals surface area contributed by atoms with Gasteiger partial charge in [-0.25, -0.2) is 8.42 Å². The van der Waals surface area contributed by atoms with E-state index in [9.17, 15) is 8.42 Å². The van der Waals surface area contributed by atoms with Crippen molar-refractivity contribution >= 4 is 10.0 Å². The average molecular weight is 442 g/mol. The van der Waals surface area contributed by atoms with Crippen LogP contribution in [0.4, 0.5) is 0 Å². The Morgan fingerprint density at radius 2 is 1.94 bits per heavy atom. The van der Waals surface area contributed by atoms with Gasteiger partial charge in [-0.3, -0.25) is 0 Å². The van der Waals surface area contributed by atoms with Crippen molar-refractivity contribution in [2.45, 2.75) is 38.0 Å². The van der Waals surface area contributed by atoms with E-state index in [0.717, 1.165) is 24.0 Å². The number of sulfonamides is 1. The van der Waals surface area contributed by atoms with Gasteiger partial charge in [0.15, 0.2) is 0 Å². The molecule has 0 spiro atoms. The van der Waals surface area contributed by atoms with Crippen LogP contribution in [-0.4, -0.2) is 42.6 Å². The molecule has 2 heterocycles. The lowest BCUT2D eigenvalue weighted by Crippen LogP contribution is -2.40. The zero-order chi connectivity index (χ0) is 21.8. The minimum absolute atomic E-state index is 0.136. The SMILES string of the molecule is CCOc1ccc(S(=O)(=O)N2CCCC(Cc3nc(-c4ccccc4C)no3)C2)cc1. The number of hydrogen-bond acceptors (Lipinski definition) is 6. The Balaban J connectivity index is 1.44. The monoisotopic (exact) mass is 441 g/mol. The van der Waals surface area contributed by atoms with Crippen molar-refractivity contribution in [1.82, 2.24) is 14.4 Å². The van der Waals surface area contributed by atoms with Crippen molar-refractivity contribution in [2.24, 2.45) is 5.92 Å². The number of hydrogen-bond donors (Lipinski definition) is 0. The Bertz CT molecular complexity index is 1130. The molecule has 8 heteroatoms. The fraction of sp³-hybridized carbons (Fsp3) is 0.391. The number of rotatable bonds is 7. The summed E-state index contributed by atoms with van der Waals surface area (Å²) >= 11 is 0. The maximum Gasteiger partial charge on any atom is 0.243 e. The molecule has 1 atom stereocenters. The largest absolute Gasteiger partial charge is 0.494 e. The molecular weight excluding hydrogens is 414 g/mol. The van der Waals surface area contributed by atoms with Crippen LogP contribution in [0.15, 0.2) is 57.9 Å². The molecule has 0 saturated carbocycles. The van der Waals surface area contributed by atoms with Crippen LogP contribution in [0.25, 0.3) is 11.4 Å². The number of piperidine rings is 1. The summed E-state index contributed by atoms with van der Waals surface area (Å²) in [4.78, 5) is 4.84. The molecule has 1 unspecified atom stereocenters. The molecule has 0 aliphatic carbocycles. The molecule has 0 bridgehead atoms. The molecule has 0 N–H and O–H groups in total. The molecule has 0 radical (unpaired) electrons. The Hall–Kier alpha value is -2.71. The highest BCUT2D eigenvalue weighted by molar-refractivity contribution is 7.89. The second-order valence-corrected chi connectivity index (χ2v) is 9.74. The summed E-state index contributed by atoms with van der Waals surface area (Å²) in [6.07, 6.45) is 2.30. The third-order valence-corrected chi connectivity index (χ3v) is 7.45. The minimum Gasteiger partial charge on any atom is -0.494 e. The van der Waals surface area contributed by atoms with Crippen molar-refractivity contribution in [3.63, 3.8) is 0 Å². The molecule has 1 aromatic heterocycles. The highest BCUT2D eigenvalue weighted by Gasteiger charge is 2.31. The first-order valence-corrected chi connectivity index (χ1v) is 12.0. The summed E-state index contributed by atoms with van der Waals surface area (Å²) in [5, 5.41) is 4.12. The second-order valence-electron chi connectivity index (χ2n) is 7.81. The minimum atomic E-state index is -3.55. The van der Waals surface area contributed by atoms with E-state index < -0.39 is 10.0 Å². The van der Waals surface area contributed by atoms with Gasteiger partial charge in [-0.2, -0.15) is 9.29 Å². The fourth-order valence-corrected chi connectivity index (χ4v) is 5.51. The van der Waals surface area contributed by atoms with E-state index in [-0.39, 0.29) is 10.8 Å². The van der Waals surface area contributed by atoms with E-state index in [1.165, 1.54) is 0 Å². The first-order valence-electron chi connectivity index (χ1n) is 10.6. The summed E-state index contributed by atoms with van der Waals surface area (Å²) in [6, 6.07) is 14.5. The lowest BCUT2D eigenvalue weighted by molar-refractivity contribution is 0.247. The number of benzene rings is 2. The predicted octanol–water partition coefficient (Wildman–Crippen LogP) is 4.09. The van der Waals surface area contributed by atoms with Gasteiger partial charge in [-0.05, 0) is 62.4 Å². The van der Waals surface area contributed by atoms with Crippen LogP contribution < -0.4 is 4.74 Å². The van der Waals surface area contributed by atoms with Crippen LogP contribution >= 0.6 is 0 Å². The summed E-state index contributed by atoms with van der Waals surface area (Å²) in [5.74, 6) is 1.92. The van der Waals surface area contributed by atoms with Gasteiger partial charge in [0, 0.05) is 25.1 Å². The third-order valence-electron chi connectivity index (χ3n) is 5.57. The van der Waals surface area contributed by atoms with E-state index in [2.05, 4.69) is 10.1 Å². The highest BCUT2D eigenvalue weighted by Crippen LogP contribution is 2.27. The standard InChI is InChI=1S/C23H27N3O4S/c1-3-29-19-10-12-20(13-11-19)31(27,28)26-14-6-8-18(16-26)15-22-24-23(25-30-22)21-9-5-4-7-17(21)2/h4-5,7,9-13,18H,3,6,8,14-16H2,1-2H3. The lowest BCUT2D eigenvalue weighted by atomic mass is 9.96. The normalized spacial score (nSPS) is 17.5. The summed E-state index contributed by atoms with van der Waals surface area (Å²) in [6.45, 7) is 5.41. The Labute approximate surface area is 183 Å². The van der Waals surface area contributed by atoms with Crippen LogP contribution in [-0.2, 0) is 16.4 Å². The number of aromatic nitrogens is 2. The molecule has 7 nitrogen and oxygen atoms in total. The number of nitrogens with zero attached hydrogens (tertiary/aromatic N) is 3. The molecule has 0 amide bonds. The summed E-state index contributed by atoms with van der Waals surface area (Å²) in [5.41, 5.74) is 2.03. The van der Waals surface area contributed by atoms with Gasteiger partial charge in [-0.1, -0.05) is 29.4 Å². The molecule has 1 fully saturated rings. The van der Waals surface area contributed by atoms with E-state index in [1.807, 2.05) is 38.1 Å². The first-order chi connectivity index (χ1) is 15.0. The molecular formula is C23H27N3O4S. The topological polar surface area (TPSA) is 85.5 Å². The summed E-state index contributed by atoms with van der Waals surface area (Å²) < 4.78 is 38.7. The quantitative estimate of drug-likeness (QED) is 0.549. The molecule has 2 aromatic carbocycles. The lowest BCUT2D eigenvalue weighted by Gasteiger charge is -2.31. The van der Waals surface area contributed by atoms with Crippen molar-refractivity contribution in [1.29, 1.82) is 0 Å². The molecule has 1 aliphatic rings. The van der Waals surface area contributed by atoms with Gasteiger partial charge in [-0.15, -0.1) is 0 Å². The van der Waals surface area contributed by atoms with Crippen molar-refractivity contribution in [3.8, 4) is 17.1 Å². The van der Waals surface area contributed by atoms with Gasteiger partial charge in [0.25, 0.3) is 0 Å². The molecule has 1 aliphatic heterocycles. The van der Waals surface area contributed by atoms with Gasteiger partial charge in [0.1, 0.15) is 5.75 Å². The van der Waals surface area contributed by atoms with E-state index in [1.54, 1.807) is 28.6 Å². The first kappa shape index (κ1) is 21.5. The van der Waals surface area contributed by atoms with Crippen LogP contribution in [0.1, 0.15) is 31.2 Å². The maximum atomic E-state index is 13.1. The fourth-order valence-electron chi connectivity index (χ4n) is 3.95. The molecule has 3 aromatic rings. The molecule has 164 valence electrons. The van der Waals surface area contributed by atoms with Crippen molar-refractivity contribution < 1.29 is 17.7 Å². The molecule has 4 rings (SSSR count). The third kappa shape index (κ3) is 4.80. The highest BCUT2D eigenvalue weighted by atomic mass is 32.2. The van der Waals surface area contributed by atoms with Crippen molar-refractivity contribution in [3.05, 3.63) is 60.0 Å². The maximum absolute atomic E-state index is 13.1. The molecule has 1 saturated heterocycles. The average Bonchev–Trinajstić information content (AvgIpc) is 3.23.